The van der Waals surface area contributed by atoms with Crippen LogP contribution in [0.5, 0.6) is 0 Å². The SMILES string of the molecule is O=C(Cc1ccc(Br)cc1)Nc1ccc(NCc2ccccc2F)nc1. The molecule has 3 aromatic rings. The zero-order chi connectivity index (χ0) is 18.4. The fraction of sp³-hybridized carbons (Fsp3) is 0.100. The van der Waals surface area contributed by atoms with Gasteiger partial charge in [-0.05, 0) is 35.9 Å². The molecule has 0 saturated heterocycles. The molecular formula is C20H17BrFN3O. The number of nitrogens with zero attached hydrogens (tertiary/aromatic N) is 1. The minimum atomic E-state index is -0.253. The van der Waals surface area contributed by atoms with Gasteiger partial charge >= 0.3 is 0 Å². The van der Waals surface area contributed by atoms with Crippen LogP contribution in [0.15, 0.2) is 71.3 Å². The molecule has 4 nitrogen and oxygen atoms in total. The summed E-state index contributed by atoms with van der Waals surface area (Å²) in [5.41, 5.74) is 2.12. The highest BCUT2D eigenvalue weighted by molar-refractivity contribution is 9.10. The lowest BCUT2D eigenvalue weighted by atomic mass is 10.1. The Morgan fingerprint density at radius 1 is 1.04 bits per heavy atom. The molecule has 0 fully saturated rings. The minimum absolute atomic E-state index is 0.110. The maximum absolute atomic E-state index is 13.6. The fourth-order valence-electron chi connectivity index (χ4n) is 2.39. The Balaban J connectivity index is 1.53. The molecule has 3 rings (SSSR count). The molecule has 2 N–H and O–H groups in total. The fourth-order valence-corrected chi connectivity index (χ4v) is 2.66. The van der Waals surface area contributed by atoms with Gasteiger partial charge in [-0.25, -0.2) is 9.37 Å². The summed E-state index contributed by atoms with van der Waals surface area (Å²) in [6.07, 6.45) is 1.86. The molecule has 6 heteroatoms. The van der Waals surface area contributed by atoms with Crippen LogP contribution in [0.4, 0.5) is 15.9 Å². The highest BCUT2D eigenvalue weighted by atomic mass is 79.9. The maximum Gasteiger partial charge on any atom is 0.228 e. The molecule has 1 amide bonds. The number of amides is 1. The number of benzene rings is 2. The third-order valence-electron chi connectivity index (χ3n) is 3.74. The van der Waals surface area contributed by atoms with Gasteiger partial charge in [-0.15, -0.1) is 0 Å². The molecule has 0 aliphatic carbocycles. The van der Waals surface area contributed by atoms with Crippen LogP contribution in [0.3, 0.4) is 0 Å². The summed E-state index contributed by atoms with van der Waals surface area (Å²) in [4.78, 5) is 16.3. The van der Waals surface area contributed by atoms with Gasteiger partial charge in [0.1, 0.15) is 11.6 Å². The Hall–Kier alpha value is -2.73. The molecule has 0 spiro atoms. The number of nitrogens with one attached hydrogen (secondary N) is 2. The topological polar surface area (TPSA) is 54.0 Å². The predicted molar refractivity (Wildman–Crippen MR) is 104 cm³/mol. The molecule has 0 aliphatic heterocycles. The Kier molecular flexibility index (Phi) is 5.96. The lowest BCUT2D eigenvalue weighted by Crippen LogP contribution is -2.14. The van der Waals surface area contributed by atoms with Gasteiger partial charge in [0.05, 0.1) is 18.3 Å². The molecule has 132 valence electrons. The lowest BCUT2D eigenvalue weighted by Gasteiger charge is -2.08. The smallest absolute Gasteiger partial charge is 0.228 e. The summed E-state index contributed by atoms with van der Waals surface area (Å²) in [6, 6.07) is 17.7. The molecule has 1 aromatic heterocycles. The van der Waals surface area contributed by atoms with Crippen LogP contribution >= 0.6 is 15.9 Å². The van der Waals surface area contributed by atoms with Gasteiger partial charge in [0.25, 0.3) is 0 Å². The van der Waals surface area contributed by atoms with Crippen molar-refractivity contribution < 1.29 is 9.18 Å². The number of hydrogen-bond donors (Lipinski definition) is 2. The summed E-state index contributed by atoms with van der Waals surface area (Å²) < 4.78 is 14.6. The van der Waals surface area contributed by atoms with Crippen LogP contribution < -0.4 is 10.6 Å². The van der Waals surface area contributed by atoms with Crippen molar-refractivity contribution in [3.8, 4) is 0 Å². The van der Waals surface area contributed by atoms with Gasteiger partial charge in [-0.3, -0.25) is 4.79 Å². The van der Waals surface area contributed by atoms with Crippen LogP contribution in [0, 0.1) is 5.82 Å². The molecule has 0 radical (unpaired) electrons. The van der Waals surface area contributed by atoms with Crippen molar-refractivity contribution in [2.45, 2.75) is 13.0 Å². The number of halogens is 2. The second kappa shape index (κ2) is 8.58. The van der Waals surface area contributed by atoms with E-state index < -0.39 is 0 Å². The van der Waals surface area contributed by atoms with E-state index >= 15 is 0 Å². The van der Waals surface area contributed by atoms with Crippen molar-refractivity contribution >= 4 is 33.3 Å². The monoisotopic (exact) mass is 413 g/mol. The normalized spacial score (nSPS) is 10.4. The van der Waals surface area contributed by atoms with Gasteiger partial charge in [0.2, 0.25) is 5.91 Å². The summed E-state index contributed by atoms with van der Waals surface area (Å²) in [5, 5.41) is 5.87. The largest absolute Gasteiger partial charge is 0.366 e. The van der Waals surface area contributed by atoms with Crippen LogP contribution in [0.25, 0.3) is 0 Å². The Bertz CT molecular complexity index is 882. The van der Waals surface area contributed by atoms with E-state index in [1.165, 1.54) is 6.07 Å². The Morgan fingerprint density at radius 2 is 1.81 bits per heavy atom. The standard InChI is InChI=1S/C20H17BrFN3O/c21-16-7-5-14(6-8-16)11-20(26)25-17-9-10-19(24-13-17)23-12-15-3-1-2-4-18(15)22/h1-10,13H,11-12H2,(H,23,24)(H,25,26). The van der Waals surface area contributed by atoms with Gasteiger partial charge in [0.15, 0.2) is 0 Å². The first-order chi connectivity index (χ1) is 12.6. The predicted octanol–water partition coefficient (Wildman–Crippen LogP) is 4.78. The van der Waals surface area contributed by atoms with Crippen LogP contribution in [-0.4, -0.2) is 10.9 Å². The van der Waals surface area contributed by atoms with Crippen LogP contribution in [-0.2, 0) is 17.8 Å². The quantitative estimate of drug-likeness (QED) is 0.611. The van der Waals surface area contributed by atoms with E-state index in [2.05, 4.69) is 31.5 Å². The van der Waals surface area contributed by atoms with E-state index in [1.54, 1.807) is 36.5 Å². The van der Waals surface area contributed by atoms with E-state index in [-0.39, 0.29) is 11.7 Å². The molecule has 0 unspecified atom stereocenters. The molecular weight excluding hydrogens is 397 g/mol. The van der Waals surface area contributed by atoms with Gasteiger partial charge in [-0.1, -0.05) is 46.3 Å². The summed E-state index contributed by atoms with van der Waals surface area (Å²) in [6.45, 7) is 0.342. The van der Waals surface area contributed by atoms with Gasteiger partial charge < -0.3 is 10.6 Å². The van der Waals surface area contributed by atoms with Crippen molar-refractivity contribution in [3.05, 3.63) is 88.3 Å². The van der Waals surface area contributed by atoms with Crippen molar-refractivity contribution in [2.75, 3.05) is 10.6 Å². The number of pyridine rings is 1. The highest BCUT2D eigenvalue weighted by Gasteiger charge is 2.05. The zero-order valence-electron chi connectivity index (χ0n) is 13.9. The Morgan fingerprint density at radius 3 is 2.50 bits per heavy atom. The van der Waals surface area contributed by atoms with E-state index in [4.69, 9.17) is 0 Å². The molecule has 2 aromatic carbocycles. The van der Waals surface area contributed by atoms with Crippen molar-refractivity contribution in [2.24, 2.45) is 0 Å². The molecule has 0 bridgehead atoms. The number of aromatic nitrogens is 1. The van der Waals surface area contributed by atoms with E-state index in [1.807, 2.05) is 24.3 Å². The number of anilines is 2. The number of carbonyl (C=O) groups excluding carboxylic acids is 1. The third-order valence-corrected chi connectivity index (χ3v) is 4.27. The van der Waals surface area contributed by atoms with Crippen molar-refractivity contribution in [1.82, 2.24) is 4.98 Å². The molecule has 0 atom stereocenters. The van der Waals surface area contributed by atoms with Crippen molar-refractivity contribution in [1.29, 1.82) is 0 Å². The van der Waals surface area contributed by atoms with E-state index in [0.717, 1.165) is 10.0 Å². The lowest BCUT2D eigenvalue weighted by molar-refractivity contribution is -0.115. The first-order valence-corrected chi connectivity index (χ1v) is 8.87. The first-order valence-electron chi connectivity index (χ1n) is 8.08. The van der Waals surface area contributed by atoms with E-state index in [0.29, 0.717) is 30.0 Å². The van der Waals surface area contributed by atoms with Crippen LogP contribution in [0.1, 0.15) is 11.1 Å². The first kappa shape index (κ1) is 18.1. The Labute approximate surface area is 159 Å². The van der Waals surface area contributed by atoms with Crippen LogP contribution in [0.2, 0.25) is 0 Å². The molecule has 0 saturated carbocycles. The molecule has 0 aliphatic rings. The third kappa shape index (κ3) is 5.13. The molecule has 26 heavy (non-hydrogen) atoms. The number of rotatable bonds is 6. The van der Waals surface area contributed by atoms with Gasteiger partial charge in [0, 0.05) is 16.6 Å². The molecule has 1 heterocycles. The highest BCUT2D eigenvalue weighted by Crippen LogP contribution is 2.14. The number of carbonyl (C=O) groups is 1. The average molecular weight is 414 g/mol. The number of hydrogen-bond acceptors (Lipinski definition) is 3. The average Bonchev–Trinajstić information content (AvgIpc) is 2.64. The van der Waals surface area contributed by atoms with Crippen molar-refractivity contribution in [3.63, 3.8) is 0 Å². The zero-order valence-corrected chi connectivity index (χ0v) is 15.5. The second-order valence-corrected chi connectivity index (χ2v) is 6.64. The summed E-state index contributed by atoms with van der Waals surface area (Å²) in [5.74, 6) is 0.247. The maximum atomic E-state index is 13.6. The van der Waals surface area contributed by atoms with Gasteiger partial charge in [-0.2, -0.15) is 0 Å². The summed E-state index contributed by atoms with van der Waals surface area (Å²) in [7, 11) is 0. The minimum Gasteiger partial charge on any atom is -0.366 e. The second-order valence-electron chi connectivity index (χ2n) is 5.73. The summed E-state index contributed by atoms with van der Waals surface area (Å²) >= 11 is 3.37. The van der Waals surface area contributed by atoms with E-state index in [9.17, 15) is 9.18 Å².